The van der Waals surface area contributed by atoms with Gasteiger partial charge in [-0.25, -0.2) is 0 Å². The van der Waals surface area contributed by atoms with Crippen LogP contribution in [0.25, 0.3) is 0 Å². The molecule has 3 nitrogen and oxygen atoms in total. The van der Waals surface area contributed by atoms with E-state index in [2.05, 4.69) is 34.6 Å². The van der Waals surface area contributed by atoms with Crippen LogP contribution in [0.4, 0.5) is 0 Å². The monoisotopic (exact) mass is 449 g/mol. The maximum Gasteiger partial charge on any atom is 0.246 e. The van der Waals surface area contributed by atoms with E-state index in [1.54, 1.807) is 0 Å². The predicted molar refractivity (Wildman–Crippen MR) is 129 cm³/mol. The van der Waals surface area contributed by atoms with Gasteiger partial charge < -0.3 is 0 Å². The van der Waals surface area contributed by atoms with Gasteiger partial charge in [-0.05, 0) is 91.3 Å². The molecular formula is C27H44ClNO2. The molecule has 0 aromatic heterocycles. The lowest BCUT2D eigenvalue weighted by atomic mass is 9.46. The average molecular weight is 450 g/mol. The van der Waals surface area contributed by atoms with Crippen LogP contribution in [0.5, 0.6) is 0 Å². The number of nitro groups is 1. The molecular weight excluding hydrogens is 406 g/mol. The SMILES string of the molecule is CC(C)CCC[C@H](C)[C@@H]1CC[C@@H]2[C@@H]3CC([N+](=O)[O-])=C4C[C@@H](Cl)CC[C@]4(C)[C@@H]3CC[C@]21C. The van der Waals surface area contributed by atoms with Crippen LogP contribution in [0.1, 0.15) is 105 Å². The molecule has 0 heterocycles. The quantitative estimate of drug-likeness (QED) is 0.232. The molecule has 0 spiro atoms. The molecule has 0 N–H and O–H groups in total. The van der Waals surface area contributed by atoms with Crippen molar-refractivity contribution in [3.8, 4) is 0 Å². The highest BCUT2D eigenvalue weighted by atomic mass is 35.5. The number of fused-ring (bicyclic) bond motifs is 5. The minimum atomic E-state index is -0.0361. The number of rotatable bonds is 6. The number of allylic oxidation sites excluding steroid dienone is 2. The van der Waals surface area contributed by atoms with Crippen molar-refractivity contribution in [3.63, 3.8) is 0 Å². The molecule has 0 radical (unpaired) electrons. The molecule has 0 bridgehead atoms. The molecule has 4 aliphatic carbocycles. The van der Waals surface area contributed by atoms with Crippen molar-refractivity contribution in [2.45, 2.75) is 111 Å². The van der Waals surface area contributed by atoms with Gasteiger partial charge >= 0.3 is 0 Å². The van der Waals surface area contributed by atoms with Gasteiger partial charge in [0, 0.05) is 17.4 Å². The Kier molecular flexibility index (Phi) is 6.58. The molecule has 3 fully saturated rings. The third kappa shape index (κ3) is 4.00. The van der Waals surface area contributed by atoms with Gasteiger partial charge in [0.1, 0.15) is 0 Å². The van der Waals surface area contributed by atoms with Crippen molar-refractivity contribution in [1.29, 1.82) is 0 Å². The first-order chi connectivity index (χ1) is 14.6. The second kappa shape index (κ2) is 8.65. The molecule has 0 aromatic carbocycles. The summed E-state index contributed by atoms with van der Waals surface area (Å²) in [6.45, 7) is 12.1. The molecule has 31 heavy (non-hydrogen) atoms. The first-order valence-corrected chi connectivity index (χ1v) is 13.5. The van der Waals surface area contributed by atoms with Crippen LogP contribution in [0, 0.1) is 56.5 Å². The fourth-order valence-electron chi connectivity index (χ4n) is 8.94. The van der Waals surface area contributed by atoms with Crippen LogP contribution in [-0.4, -0.2) is 10.3 Å². The molecule has 4 aliphatic rings. The minimum Gasteiger partial charge on any atom is -0.259 e. The Morgan fingerprint density at radius 2 is 1.77 bits per heavy atom. The zero-order valence-corrected chi connectivity index (χ0v) is 21.2. The van der Waals surface area contributed by atoms with Crippen LogP contribution < -0.4 is 0 Å². The lowest BCUT2D eigenvalue weighted by molar-refractivity contribution is -0.434. The standard InChI is InChI=1S/C27H44ClNO2/c1-17(2)7-6-8-18(3)21-9-10-22-20-16-25(29(30)31)24-15-19(28)11-13-27(24,5)23(20)12-14-26(21,22)4/h17-23H,6-16H2,1-5H3/t18-,19-,20-,21-,22+,23+,26-,27+/m0/s1. The van der Waals surface area contributed by atoms with Gasteiger partial charge in [0.05, 0.1) is 4.92 Å². The van der Waals surface area contributed by atoms with Crippen LogP contribution in [0.3, 0.4) is 0 Å². The van der Waals surface area contributed by atoms with Crippen LogP contribution in [0.15, 0.2) is 11.3 Å². The van der Waals surface area contributed by atoms with Gasteiger partial charge in [0.25, 0.3) is 0 Å². The smallest absolute Gasteiger partial charge is 0.246 e. The van der Waals surface area contributed by atoms with Crippen LogP contribution >= 0.6 is 11.6 Å². The highest BCUT2D eigenvalue weighted by Crippen LogP contribution is 2.68. The van der Waals surface area contributed by atoms with E-state index < -0.39 is 0 Å². The average Bonchev–Trinajstić information content (AvgIpc) is 3.05. The van der Waals surface area contributed by atoms with Gasteiger partial charge in [-0.15, -0.1) is 11.6 Å². The molecule has 8 atom stereocenters. The number of halogens is 1. The molecule has 0 aliphatic heterocycles. The maximum absolute atomic E-state index is 12.2. The summed E-state index contributed by atoms with van der Waals surface area (Å²) in [5.74, 6) is 4.13. The molecule has 0 unspecified atom stereocenters. The Hall–Kier alpha value is -0.570. The van der Waals surface area contributed by atoms with Gasteiger partial charge in [-0.1, -0.05) is 53.9 Å². The highest BCUT2D eigenvalue weighted by molar-refractivity contribution is 6.20. The van der Waals surface area contributed by atoms with E-state index in [1.165, 1.54) is 44.9 Å². The zero-order valence-electron chi connectivity index (χ0n) is 20.5. The van der Waals surface area contributed by atoms with Gasteiger partial charge in [-0.2, -0.15) is 0 Å². The molecule has 0 aromatic rings. The topological polar surface area (TPSA) is 43.1 Å². The second-order valence-corrected chi connectivity index (χ2v) is 13.2. The van der Waals surface area contributed by atoms with Crippen molar-refractivity contribution in [2.75, 3.05) is 0 Å². The van der Waals surface area contributed by atoms with E-state index >= 15 is 0 Å². The Balaban J connectivity index is 1.59. The van der Waals surface area contributed by atoms with Crippen LogP contribution in [-0.2, 0) is 0 Å². The van der Waals surface area contributed by atoms with E-state index in [4.69, 9.17) is 11.6 Å². The molecule has 4 rings (SSSR count). The molecule has 3 saturated carbocycles. The summed E-state index contributed by atoms with van der Waals surface area (Å²) in [4.78, 5) is 12.1. The minimum absolute atomic E-state index is 0.000985. The van der Waals surface area contributed by atoms with Crippen molar-refractivity contribution >= 4 is 11.6 Å². The predicted octanol–water partition coefficient (Wildman–Crippen LogP) is 8.24. The summed E-state index contributed by atoms with van der Waals surface area (Å²) in [5.41, 5.74) is 2.04. The Morgan fingerprint density at radius 3 is 2.45 bits per heavy atom. The summed E-state index contributed by atoms with van der Waals surface area (Å²) >= 11 is 6.51. The largest absolute Gasteiger partial charge is 0.259 e. The first kappa shape index (κ1) is 23.6. The van der Waals surface area contributed by atoms with Gasteiger partial charge in [0.15, 0.2) is 0 Å². The van der Waals surface area contributed by atoms with Crippen molar-refractivity contribution in [3.05, 3.63) is 21.4 Å². The van der Waals surface area contributed by atoms with E-state index in [-0.39, 0.29) is 15.7 Å². The summed E-state index contributed by atoms with van der Waals surface area (Å²) < 4.78 is 0. The normalized spacial score (nSPS) is 43.4. The van der Waals surface area contributed by atoms with E-state index in [0.29, 0.717) is 35.3 Å². The third-order valence-electron chi connectivity index (χ3n) is 10.5. The van der Waals surface area contributed by atoms with Gasteiger partial charge in [-0.3, -0.25) is 10.1 Å². The van der Waals surface area contributed by atoms with Crippen LogP contribution in [0.2, 0.25) is 0 Å². The Morgan fingerprint density at radius 1 is 1.03 bits per heavy atom. The van der Waals surface area contributed by atoms with Crippen molar-refractivity contribution < 1.29 is 4.92 Å². The molecule has 4 heteroatoms. The third-order valence-corrected chi connectivity index (χ3v) is 10.9. The summed E-state index contributed by atoms with van der Waals surface area (Å²) in [6, 6.07) is 0. The lowest BCUT2D eigenvalue weighted by Crippen LogP contribution is -2.52. The number of hydrogen-bond acceptors (Lipinski definition) is 2. The van der Waals surface area contributed by atoms with Crippen molar-refractivity contribution in [2.24, 2.45) is 46.3 Å². The number of hydrogen-bond donors (Lipinski definition) is 0. The lowest BCUT2D eigenvalue weighted by Gasteiger charge is -2.58. The van der Waals surface area contributed by atoms with E-state index in [9.17, 15) is 10.1 Å². The first-order valence-electron chi connectivity index (χ1n) is 13.1. The molecule has 0 saturated heterocycles. The fraction of sp³-hybridized carbons (Fsp3) is 0.926. The molecule has 176 valence electrons. The summed E-state index contributed by atoms with van der Waals surface area (Å²) in [5, 5.41) is 12.2. The maximum atomic E-state index is 12.2. The number of alkyl halides is 1. The van der Waals surface area contributed by atoms with Gasteiger partial charge in [0.2, 0.25) is 5.70 Å². The summed E-state index contributed by atoms with van der Waals surface area (Å²) in [6.07, 6.45) is 12.7. The highest BCUT2D eigenvalue weighted by Gasteiger charge is 2.61. The van der Waals surface area contributed by atoms with Crippen molar-refractivity contribution in [1.82, 2.24) is 0 Å². The fourth-order valence-corrected chi connectivity index (χ4v) is 9.20. The molecule has 0 amide bonds. The zero-order chi connectivity index (χ0) is 22.6. The van der Waals surface area contributed by atoms with E-state index in [1.807, 2.05) is 0 Å². The summed E-state index contributed by atoms with van der Waals surface area (Å²) in [7, 11) is 0. The Labute approximate surface area is 194 Å². The Bertz CT molecular complexity index is 733. The number of nitrogens with zero attached hydrogens (tertiary/aromatic N) is 1. The second-order valence-electron chi connectivity index (χ2n) is 12.6. The van der Waals surface area contributed by atoms with E-state index in [0.717, 1.165) is 42.6 Å².